The van der Waals surface area contributed by atoms with E-state index in [4.69, 9.17) is 5.73 Å². The van der Waals surface area contributed by atoms with Gasteiger partial charge in [-0.25, -0.2) is 0 Å². The van der Waals surface area contributed by atoms with Gasteiger partial charge in [0.2, 0.25) is 0 Å². The average molecular weight is 241 g/mol. The van der Waals surface area contributed by atoms with Crippen molar-refractivity contribution in [2.45, 2.75) is 19.4 Å². The maximum atomic E-state index is 5.71. The van der Waals surface area contributed by atoms with E-state index in [9.17, 15) is 0 Å². The van der Waals surface area contributed by atoms with Gasteiger partial charge in [-0.2, -0.15) is 0 Å². The summed E-state index contributed by atoms with van der Waals surface area (Å²) in [6.07, 6.45) is 1.26. The standard InChI is InChI=1S/C13H20N2.ClH/c1-11(13-5-3-2-4-6-13)15-8-7-12(9-14)10-15;/h2-6,11-12H,7-10,14H2,1H3;1H. The van der Waals surface area contributed by atoms with Crippen LogP contribution in [0.15, 0.2) is 30.3 Å². The smallest absolute Gasteiger partial charge is 0.0320 e. The molecule has 1 saturated heterocycles. The highest BCUT2D eigenvalue weighted by atomic mass is 35.5. The molecule has 3 heteroatoms. The molecule has 0 saturated carbocycles. The first kappa shape index (κ1) is 13.5. The molecule has 2 N–H and O–H groups in total. The zero-order chi connectivity index (χ0) is 10.7. The van der Waals surface area contributed by atoms with E-state index in [2.05, 4.69) is 42.2 Å². The van der Waals surface area contributed by atoms with Crippen LogP contribution in [0.4, 0.5) is 0 Å². The number of hydrogen-bond donors (Lipinski definition) is 1. The van der Waals surface area contributed by atoms with E-state index < -0.39 is 0 Å². The second-order valence-electron chi connectivity index (χ2n) is 4.47. The lowest BCUT2D eigenvalue weighted by molar-refractivity contribution is 0.253. The molecule has 0 radical (unpaired) electrons. The number of hydrogen-bond acceptors (Lipinski definition) is 2. The quantitative estimate of drug-likeness (QED) is 0.880. The summed E-state index contributed by atoms with van der Waals surface area (Å²) >= 11 is 0. The van der Waals surface area contributed by atoms with E-state index in [1.807, 2.05) is 0 Å². The summed E-state index contributed by atoms with van der Waals surface area (Å²) in [6.45, 7) is 5.47. The van der Waals surface area contributed by atoms with Crippen LogP contribution in [-0.2, 0) is 0 Å². The third-order valence-corrected chi connectivity index (χ3v) is 3.48. The fourth-order valence-corrected chi connectivity index (χ4v) is 2.35. The molecule has 1 aliphatic heterocycles. The van der Waals surface area contributed by atoms with E-state index in [-0.39, 0.29) is 12.4 Å². The minimum Gasteiger partial charge on any atom is -0.330 e. The molecule has 1 aromatic rings. The van der Waals surface area contributed by atoms with Gasteiger partial charge in [0.25, 0.3) is 0 Å². The number of halogens is 1. The second-order valence-corrected chi connectivity index (χ2v) is 4.47. The highest BCUT2D eigenvalue weighted by molar-refractivity contribution is 5.85. The Bertz CT molecular complexity index is 302. The van der Waals surface area contributed by atoms with Gasteiger partial charge < -0.3 is 5.73 Å². The number of nitrogens with zero attached hydrogens (tertiary/aromatic N) is 1. The first-order chi connectivity index (χ1) is 7.31. The predicted octanol–water partition coefficient (Wildman–Crippen LogP) is 2.45. The number of nitrogens with two attached hydrogens (primary N) is 1. The summed E-state index contributed by atoms with van der Waals surface area (Å²) in [5.41, 5.74) is 7.12. The molecular formula is C13H21ClN2. The van der Waals surface area contributed by atoms with Crippen LogP contribution in [0.2, 0.25) is 0 Å². The number of benzene rings is 1. The van der Waals surface area contributed by atoms with Crippen molar-refractivity contribution in [2.24, 2.45) is 11.7 Å². The molecule has 2 rings (SSSR count). The van der Waals surface area contributed by atoms with Crippen LogP contribution in [0.1, 0.15) is 24.9 Å². The Morgan fingerprint density at radius 2 is 2.06 bits per heavy atom. The topological polar surface area (TPSA) is 29.3 Å². The SMILES string of the molecule is CC(c1ccccc1)N1CCC(CN)C1.Cl. The summed E-state index contributed by atoms with van der Waals surface area (Å²) in [6, 6.07) is 11.2. The maximum Gasteiger partial charge on any atom is 0.0320 e. The number of likely N-dealkylation sites (tertiary alicyclic amines) is 1. The zero-order valence-corrected chi connectivity index (χ0v) is 10.6. The van der Waals surface area contributed by atoms with Gasteiger partial charge in [0.1, 0.15) is 0 Å². The number of rotatable bonds is 3. The third kappa shape index (κ3) is 2.97. The van der Waals surface area contributed by atoms with Crippen LogP contribution >= 0.6 is 12.4 Å². The Hall–Kier alpha value is -0.570. The summed E-state index contributed by atoms with van der Waals surface area (Å²) in [4.78, 5) is 2.53. The van der Waals surface area contributed by atoms with Gasteiger partial charge in [-0.3, -0.25) is 4.90 Å². The van der Waals surface area contributed by atoms with Crippen LogP contribution in [0.25, 0.3) is 0 Å². The molecule has 1 aliphatic rings. The molecule has 1 aromatic carbocycles. The molecular weight excluding hydrogens is 220 g/mol. The first-order valence-corrected chi connectivity index (χ1v) is 5.80. The lowest BCUT2D eigenvalue weighted by atomic mass is 10.1. The minimum atomic E-state index is 0. The van der Waals surface area contributed by atoms with Gasteiger partial charge >= 0.3 is 0 Å². The molecule has 0 spiro atoms. The Morgan fingerprint density at radius 1 is 1.38 bits per heavy atom. The lowest BCUT2D eigenvalue weighted by Crippen LogP contribution is -2.26. The average Bonchev–Trinajstić information content (AvgIpc) is 2.78. The predicted molar refractivity (Wildman–Crippen MR) is 70.8 cm³/mol. The molecule has 1 heterocycles. The third-order valence-electron chi connectivity index (χ3n) is 3.48. The molecule has 0 bridgehead atoms. The van der Waals surface area contributed by atoms with Crippen molar-refractivity contribution in [1.29, 1.82) is 0 Å². The molecule has 90 valence electrons. The lowest BCUT2D eigenvalue weighted by Gasteiger charge is -2.24. The van der Waals surface area contributed by atoms with Crippen LogP contribution in [0, 0.1) is 5.92 Å². The van der Waals surface area contributed by atoms with Crippen LogP contribution in [-0.4, -0.2) is 24.5 Å². The molecule has 2 nitrogen and oxygen atoms in total. The van der Waals surface area contributed by atoms with Gasteiger partial charge in [0.05, 0.1) is 0 Å². The monoisotopic (exact) mass is 240 g/mol. The van der Waals surface area contributed by atoms with Crippen molar-refractivity contribution < 1.29 is 0 Å². The summed E-state index contributed by atoms with van der Waals surface area (Å²) in [5, 5.41) is 0. The van der Waals surface area contributed by atoms with Crippen LogP contribution in [0.5, 0.6) is 0 Å². The van der Waals surface area contributed by atoms with Crippen LogP contribution < -0.4 is 5.73 Å². The van der Waals surface area contributed by atoms with Crippen molar-refractivity contribution in [1.82, 2.24) is 4.90 Å². The molecule has 2 unspecified atom stereocenters. The first-order valence-electron chi connectivity index (χ1n) is 5.80. The molecule has 0 aromatic heterocycles. The Balaban J connectivity index is 0.00000128. The summed E-state index contributed by atoms with van der Waals surface area (Å²) < 4.78 is 0. The van der Waals surface area contributed by atoms with E-state index >= 15 is 0 Å². The van der Waals surface area contributed by atoms with Gasteiger partial charge in [-0.1, -0.05) is 30.3 Å². The van der Waals surface area contributed by atoms with E-state index in [0.717, 1.165) is 13.1 Å². The van der Waals surface area contributed by atoms with Crippen molar-refractivity contribution in [3.8, 4) is 0 Å². The van der Waals surface area contributed by atoms with E-state index in [1.54, 1.807) is 0 Å². The molecule has 0 amide bonds. The Kier molecular flexibility index (Phi) is 5.26. The highest BCUT2D eigenvalue weighted by Gasteiger charge is 2.25. The zero-order valence-electron chi connectivity index (χ0n) is 9.80. The van der Waals surface area contributed by atoms with Gasteiger partial charge in [0.15, 0.2) is 0 Å². The largest absolute Gasteiger partial charge is 0.330 e. The normalized spacial score (nSPS) is 22.8. The van der Waals surface area contributed by atoms with E-state index in [0.29, 0.717) is 12.0 Å². The minimum absolute atomic E-state index is 0. The summed E-state index contributed by atoms with van der Waals surface area (Å²) in [5.74, 6) is 0.705. The molecule has 2 atom stereocenters. The Labute approximate surface area is 104 Å². The fourth-order valence-electron chi connectivity index (χ4n) is 2.35. The second kappa shape index (κ2) is 6.24. The van der Waals surface area contributed by atoms with Crippen molar-refractivity contribution in [3.63, 3.8) is 0 Å². The van der Waals surface area contributed by atoms with Crippen molar-refractivity contribution in [2.75, 3.05) is 19.6 Å². The highest BCUT2D eigenvalue weighted by Crippen LogP contribution is 2.26. The molecule has 16 heavy (non-hydrogen) atoms. The van der Waals surface area contributed by atoms with Gasteiger partial charge in [0, 0.05) is 12.6 Å². The molecule has 1 fully saturated rings. The molecule has 0 aliphatic carbocycles. The van der Waals surface area contributed by atoms with Crippen molar-refractivity contribution >= 4 is 12.4 Å². The Morgan fingerprint density at radius 3 is 2.62 bits per heavy atom. The van der Waals surface area contributed by atoms with Crippen molar-refractivity contribution in [3.05, 3.63) is 35.9 Å². The van der Waals surface area contributed by atoms with Gasteiger partial charge in [-0.05, 0) is 37.9 Å². The summed E-state index contributed by atoms with van der Waals surface area (Å²) in [7, 11) is 0. The maximum absolute atomic E-state index is 5.71. The van der Waals surface area contributed by atoms with Crippen LogP contribution in [0.3, 0.4) is 0 Å². The van der Waals surface area contributed by atoms with Gasteiger partial charge in [-0.15, -0.1) is 12.4 Å². The fraction of sp³-hybridized carbons (Fsp3) is 0.538. The van der Waals surface area contributed by atoms with E-state index in [1.165, 1.54) is 18.5 Å².